The molecule has 0 aliphatic heterocycles. The van der Waals surface area contributed by atoms with Crippen LogP contribution >= 0.6 is 0 Å². The third kappa shape index (κ3) is 52.0. The Balaban J connectivity index is 3.44. The van der Waals surface area contributed by atoms with E-state index in [-0.39, 0.29) is 18.5 Å². The first-order valence-corrected chi connectivity index (χ1v) is 29.9. The highest BCUT2D eigenvalue weighted by molar-refractivity contribution is 5.76. The fourth-order valence-electron chi connectivity index (χ4n) is 9.46. The van der Waals surface area contributed by atoms with Crippen molar-refractivity contribution in [3.63, 3.8) is 0 Å². The fourth-order valence-corrected chi connectivity index (χ4v) is 9.46. The average molecular weight is 933 g/mol. The Kier molecular flexibility index (Phi) is 55.0. The van der Waals surface area contributed by atoms with E-state index in [0.717, 1.165) is 51.4 Å². The number of carbonyl (C=O) groups is 2. The molecule has 2 atom stereocenters. The van der Waals surface area contributed by atoms with Crippen molar-refractivity contribution in [3.05, 3.63) is 12.2 Å². The molecule has 1 amide bonds. The molecule has 0 aromatic heterocycles. The number of unbranched alkanes of at least 4 members (excludes halogenated alkanes) is 43. The lowest BCUT2D eigenvalue weighted by Gasteiger charge is -2.22. The number of rotatable bonds is 56. The number of hydrogen-bond acceptors (Lipinski definition) is 5. The molecule has 0 saturated heterocycles. The first-order chi connectivity index (χ1) is 32.5. The van der Waals surface area contributed by atoms with Crippen LogP contribution in [0, 0.1) is 0 Å². The van der Waals surface area contributed by atoms with Crippen LogP contribution in [0.25, 0.3) is 0 Å². The lowest BCUT2D eigenvalue weighted by Crippen LogP contribution is -2.45. The standard InChI is InChI=1S/C60H117NO5/c1-3-5-7-9-11-13-15-17-18-19-20-21-22-23-24-25-26-29-32-36-40-44-48-52-58(63)57(56-62)61-59(64)53-49-45-41-37-33-30-27-28-31-35-39-43-47-51-55-66-60(65)54-50-46-42-38-34-16-14-12-10-8-6-4-2/h12,14,57-58,62-63H,3-11,13,15-56H2,1-2H3,(H,61,64)/b14-12-. The minimum Gasteiger partial charge on any atom is -0.466 e. The van der Waals surface area contributed by atoms with Crippen molar-refractivity contribution in [3.8, 4) is 0 Å². The van der Waals surface area contributed by atoms with E-state index in [1.807, 2.05) is 0 Å². The maximum absolute atomic E-state index is 12.5. The quantitative estimate of drug-likeness (QED) is 0.0321. The highest BCUT2D eigenvalue weighted by atomic mass is 16.5. The minimum atomic E-state index is -0.672. The van der Waals surface area contributed by atoms with E-state index in [9.17, 15) is 19.8 Å². The van der Waals surface area contributed by atoms with E-state index in [1.165, 1.54) is 250 Å². The second-order valence-corrected chi connectivity index (χ2v) is 20.7. The molecule has 6 heteroatoms. The van der Waals surface area contributed by atoms with Crippen molar-refractivity contribution in [1.29, 1.82) is 0 Å². The summed E-state index contributed by atoms with van der Waals surface area (Å²) in [6.07, 6.45) is 66.3. The SMILES string of the molecule is CCCCC/C=C\CCCCCCCC(=O)OCCCCCCCCCCCCCCCCC(=O)NC(CO)C(O)CCCCCCCCCCCCCCCCCCCCCCCCC. The summed E-state index contributed by atoms with van der Waals surface area (Å²) < 4.78 is 5.46. The Morgan fingerprint density at radius 1 is 0.409 bits per heavy atom. The molecular weight excluding hydrogens is 815 g/mol. The molecule has 6 nitrogen and oxygen atoms in total. The maximum Gasteiger partial charge on any atom is 0.305 e. The first kappa shape index (κ1) is 64.6. The zero-order valence-corrected chi connectivity index (χ0v) is 44.7. The molecule has 0 bridgehead atoms. The maximum atomic E-state index is 12.5. The summed E-state index contributed by atoms with van der Waals surface area (Å²) in [6.45, 7) is 4.93. The summed E-state index contributed by atoms with van der Waals surface area (Å²) in [6, 6.07) is -0.550. The smallest absolute Gasteiger partial charge is 0.305 e. The molecule has 0 aromatic rings. The van der Waals surface area contributed by atoms with E-state index in [1.54, 1.807) is 0 Å². The van der Waals surface area contributed by atoms with Gasteiger partial charge in [0.05, 0.1) is 25.4 Å². The monoisotopic (exact) mass is 932 g/mol. The third-order valence-electron chi connectivity index (χ3n) is 14.1. The van der Waals surface area contributed by atoms with E-state index in [2.05, 4.69) is 31.3 Å². The molecule has 0 aromatic carbocycles. The number of ether oxygens (including phenoxy) is 1. The number of carbonyl (C=O) groups excluding carboxylic acids is 2. The highest BCUT2D eigenvalue weighted by Crippen LogP contribution is 2.18. The Hall–Kier alpha value is -1.40. The van der Waals surface area contributed by atoms with Gasteiger partial charge in [0.15, 0.2) is 0 Å². The molecule has 0 heterocycles. The second-order valence-electron chi connectivity index (χ2n) is 20.7. The summed E-state index contributed by atoms with van der Waals surface area (Å²) in [4.78, 5) is 24.5. The van der Waals surface area contributed by atoms with Gasteiger partial charge in [-0.15, -0.1) is 0 Å². The number of allylic oxidation sites excluding steroid dienone is 2. The van der Waals surface area contributed by atoms with Gasteiger partial charge in [0.25, 0.3) is 0 Å². The van der Waals surface area contributed by atoms with Crippen molar-refractivity contribution < 1.29 is 24.5 Å². The van der Waals surface area contributed by atoms with Crippen LogP contribution in [-0.2, 0) is 14.3 Å². The van der Waals surface area contributed by atoms with Crippen molar-refractivity contribution in [2.45, 2.75) is 347 Å². The summed E-state index contributed by atoms with van der Waals surface area (Å²) in [7, 11) is 0. The van der Waals surface area contributed by atoms with Crippen LogP contribution in [0.15, 0.2) is 12.2 Å². The van der Waals surface area contributed by atoms with Crippen molar-refractivity contribution >= 4 is 11.9 Å². The molecule has 2 unspecified atom stereocenters. The third-order valence-corrected chi connectivity index (χ3v) is 14.1. The van der Waals surface area contributed by atoms with E-state index >= 15 is 0 Å². The van der Waals surface area contributed by atoms with Crippen LogP contribution < -0.4 is 5.32 Å². The summed E-state index contributed by atoms with van der Waals surface area (Å²) in [5.74, 6) is -0.0532. The predicted molar refractivity (Wildman–Crippen MR) is 287 cm³/mol. The van der Waals surface area contributed by atoms with Crippen LogP contribution in [0.2, 0.25) is 0 Å². The van der Waals surface area contributed by atoms with Gasteiger partial charge in [0.1, 0.15) is 0 Å². The van der Waals surface area contributed by atoms with Gasteiger partial charge in [-0.3, -0.25) is 9.59 Å². The largest absolute Gasteiger partial charge is 0.466 e. The van der Waals surface area contributed by atoms with Gasteiger partial charge in [0, 0.05) is 12.8 Å². The van der Waals surface area contributed by atoms with Crippen molar-refractivity contribution in [1.82, 2.24) is 5.32 Å². The lowest BCUT2D eigenvalue weighted by atomic mass is 10.0. The summed E-state index contributed by atoms with van der Waals surface area (Å²) in [5, 5.41) is 23.4. The van der Waals surface area contributed by atoms with Crippen LogP contribution in [0.4, 0.5) is 0 Å². The van der Waals surface area contributed by atoms with Gasteiger partial charge in [-0.25, -0.2) is 0 Å². The van der Waals surface area contributed by atoms with Crippen LogP contribution in [0.3, 0.4) is 0 Å². The number of amides is 1. The van der Waals surface area contributed by atoms with E-state index < -0.39 is 12.1 Å². The Morgan fingerprint density at radius 2 is 0.712 bits per heavy atom. The highest BCUT2D eigenvalue weighted by Gasteiger charge is 2.20. The molecule has 0 rings (SSSR count). The zero-order chi connectivity index (χ0) is 47.9. The van der Waals surface area contributed by atoms with Gasteiger partial charge >= 0.3 is 5.97 Å². The average Bonchev–Trinajstić information content (AvgIpc) is 3.32. The minimum absolute atomic E-state index is 0.0112. The number of nitrogens with one attached hydrogen (secondary N) is 1. The summed E-state index contributed by atoms with van der Waals surface area (Å²) >= 11 is 0. The number of hydrogen-bond donors (Lipinski definition) is 3. The normalized spacial score (nSPS) is 12.6. The zero-order valence-electron chi connectivity index (χ0n) is 44.7. The van der Waals surface area contributed by atoms with Gasteiger partial charge in [0.2, 0.25) is 5.91 Å². The first-order valence-electron chi connectivity index (χ1n) is 29.9. The van der Waals surface area contributed by atoms with Crippen molar-refractivity contribution in [2.75, 3.05) is 13.2 Å². The number of aliphatic hydroxyl groups excluding tert-OH is 2. The van der Waals surface area contributed by atoms with Gasteiger partial charge in [-0.2, -0.15) is 0 Å². The van der Waals surface area contributed by atoms with E-state index in [4.69, 9.17) is 4.74 Å². The van der Waals surface area contributed by atoms with Crippen LogP contribution in [-0.4, -0.2) is 47.4 Å². The Bertz CT molecular complexity index is 986. The Morgan fingerprint density at radius 3 is 1.11 bits per heavy atom. The molecule has 66 heavy (non-hydrogen) atoms. The topological polar surface area (TPSA) is 95.9 Å². The fraction of sp³-hybridized carbons (Fsp3) is 0.933. The molecule has 0 aliphatic rings. The molecule has 0 saturated carbocycles. The molecule has 392 valence electrons. The Labute approximate surface area is 412 Å². The number of esters is 1. The second kappa shape index (κ2) is 56.2. The molecule has 0 aliphatic carbocycles. The molecule has 0 spiro atoms. The molecular formula is C60H117NO5. The lowest BCUT2D eigenvalue weighted by molar-refractivity contribution is -0.143. The van der Waals surface area contributed by atoms with E-state index in [0.29, 0.717) is 25.9 Å². The van der Waals surface area contributed by atoms with Crippen molar-refractivity contribution in [2.24, 2.45) is 0 Å². The van der Waals surface area contributed by atoms with Crippen LogP contribution in [0.1, 0.15) is 335 Å². The predicted octanol–water partition coefficient (Wildman–Crippen LogP) is 18.5. The molecule has 3 N–H and O–H groups in total. The molecule has 0 fully saturated rings. The summed E-state index contributed by atoms with van der Waals surface area (Å²) in [5.41, 5.74) is 0. The van der Waals surface area contributed by atoms with Gasteiger partial charge < -0.3 is 20.3 Å². The van der Waals surface area contributed by atoms with Gasteiger partial charge in [-0.05, 0) is 51.4 Å². The van der Waals surface area contributed by atoms with Crippen LogP contribution in [0.5, 0.6) is 0 Å². The number of aliphatic hydroxyl groups is 2. The molecule has 0 radical (unpaired) electrons. The van der Waals surface area contributed by atoms with Gasteiger partial charge in [-0.1, -0.05) is 283 Å².